The zero-order chi connectivity index (χ0) is 43.8. The van der Waals surface area contributed by atoms with E-state index in [1.54, 1.807) is 0 Å². The SMILES string of the molecule is c1ccc(-c2ccccc2-c2ccccc2-c2ccccc2N(c2ccc(-c3ccc(-c4cccc5ccccc45)cc3)cc2)c2cccc(-c3cccc4c3oc3ccccc34)c2)cc1. The number of anilines is 3. The number of para-hydroxylation sites is 3. The molecule has 0 fully saturated rings. The minimum absolute atomic E-state index is 0.891. The highest BCUT2D eigenvalue weighted by molar-refractivity contribution is 6.10. The summed E-state index contributed by atoms with van der Waals surface area (Å²) < 4.78 is 6.57. The summed E-state index contributed by atoms with van der Waals surface area (Å²) in [5.41, 5.74) is 18.9. The van der Waals surface area contributed by atoms with E-state index in [9.17, 15) is 0 Å². The first-order chi connectivity index (χ1) is 32.7. The highest BCUT2D eigenvalue weighted by atomic mass is 16.3. The van der Waals surface area contributed by atoms with Crippen LogP contribution >= 0.6 is 0 Å². The maximum absolute atomic E-state index is 6.57. The Kier molecular flexibility index (Phi) is 9.89. The lowest BCUT2D eigenvalue weighted by Gasteiger charge is -2.29. The van der Waals surface area contributed by atoms with Crippen molar-refractivity contribution in [1.29, 1.82) is 0 Å². The van der Waals surface area contributed by atoms with E-state index in [1.807, 2.05) is 12.1 Å². The quantitative estimate of drug-likeness (QED) is 0.144. The number of benzene rings is 11. The van der Waals surface area contributed by atoms with Crippen molar-refractivity contribution in [3.8, 4) is 66.8 Å². The molecular weight excluding hydrogens is 799 g/mol. The van der Waals surface area contributed by atoms with E-state index in [2.05, 4.69) is 254 Å². The Morgan fingerprint density at radius 1 is 0.258 bits per heavy atom. The second kappa shape index (κ2) is 16.8. The van der Waals surface area contributed by atoms with Gasteiger partial charge in [0, 0.05) is 33.3 Å². The predicted octanol–water partition coefficient (Wildman–Crippen LogP) is 18.2. The zero-order valence-electron chi connectivity index (χ0n) is 36.2. The van der Waals surface area contributed by atoms with Crippen LogP contribution in [0.3, 0.4) is 0 Å². The molecule has 0 aliphatic rings. The maximum Gasteiger partial charge on any atom is 0.143 e. The highest BCUT2D eigenvalue weighted by Crippen LogP contribution is 2.46. The predicted molar refractivity (Wildman–Crippen MR) is 279 cm³/mol. The molecule has 0 radical (unpaired) electrons. The summed E-state index contributed by atoms with van der Waals surface area (Å²) in [5, 5.41) is 4.75. The molecule has 1 aromatic heterocycles. The van der Waals surface area contributed by atoms with E-state index >= 15 is 0 Å². The van der Waals surface area contributed by atoms with Crippen molar-refractivity contribution in [2.24, 2.45) is 0 Å². The van der Waals surface area contributed by atoms with Crippen LogP contribution in [-0.4, -0.2) is 0 Å². The lowest BCUT2D eigenvalue weighted by molar-refractivity contribution is 0.670. The fourth-order valence-corrected chi connectivity index (χ4v) is 9.77. The molecule has 1 heterocycles. The van der Waals surface area contributed by atoms with Gasteiger partial charge in [0.15, 0.2) is 0 Å². The molecular formula is C64H43NO. The number of fused-ring (bicyclic) bond motifs is 4. The van der Waals surface area contributed by atoms with Crippen LogP contribution in [0.15, 0.2) is 265 Å². The molecule has 0 spiro atoms. The average molecular weight is 842 g/mol. The van der Waals surface area contributed by atoms with Crippen molar-refractivity contribution in [1.82, 2.24) is 0 Å². The summed E-state index contributed by atoms with van der Waals surface area (Å²) in [6, 6.07) is 93.8. The van der Waals surface area contributed by atoms with Gasteiger partial charge >= 0.3 is 0 Å². The Labute approximate surface area is 384 Å². The molecule has 2 nitrogen and oxygen atoms in total. The number of furan rings is 1. The van der Waals surface area contributed by atoms with Crippen LogP contribution in [-0.2, 0) is 0 Å². The minimum atomic E-state index is 0.891. The monoisotopic (exact) mass is 841 g/mol. The van der Waals surface area contributed by atoms with Crippen LogP contribution in [0.5, 0.6) is 0 Å². The molecule has 0 amide bonds. The van der Waals surface area contributed by atoms with Crippen molar-refractivity contribution in [3.63, 3.8) is 0 Å². The molecule has 0 atom stereocenters. The van der Waals surface area contributed by atoms with E-state index in [-0.39, 0.29) is 0 Å². The van der Waals surface area contributed by atoms with Gasteiger partial charge in [0.2, 0.25) is 0 Å². The highest BCUT2D eigenvalue weighted by Gasteiger charge is 2.21. The minimum Gasteiger partial charge on any atom is -0.455 e. The van der Waals surface area contributed by atoms with Crippen LogP contribution in [0.4, 0.5) is 17.1 Å². The third-order valence-corrected chi connectivity index (χ3v) is 12.9. The molecule has 2 heteroatoms. The molecule has 0 saturated heterocycles. The molecule has 0 aliphatic heterocycles. The second-order valence-corrected chi connectivity index (χ2v) is 16.8. The Hall–Kier alpha value is -8.72. The molecule has 310 valence electrons. The Morgan fingerprint density at radius 2 is 0.742 bits per heavy atom. The molecule has 0 bridgehead atoms. The van der Waals surface area contributed by atoms with Crippen molar-refractivity contribution in [3.05, 3.63) is 261 Å². The van der Waals surface area contributed by atoms with Gasteiger partial charge in [0.25, 0.3) is 0 Å². The van der Waals surface area contributed by atoms with Gasteiger partial charge in [0.1, 0.15) is 11.2 Å². The molecule has 66 heavy (non-hydrogen) atoms. The topological polar surface area (TPSA) is 16.4 Å². The third-order valence-electron chi connectivity index (χ3n) is 12.9. The largest absolute Gasteiger partial charge is 0.455 e. The van der Waals surface area contributed by atoms with Gasteiger partial charge in [-0.3, -0.25) is 0 Å². The number of rotatable bonds is 9. The fraction of sp³-hybridized carbons (Fsp3) is 0. The third kappa shape index (κ3) is 7.02. The summed E-state index contributed by atoms with van der Waals surface area (Å²) in [4.78, 5) is 2.41. The number of nitrogens with zero attached hydrogens (tertiary/aromatic N) is 1. The lowest BCUT2D eigenvalue weighted by Crippen LogP contribution is -2.11. The Bertz CT molecular complexity index is 3690. The summed E-state index contributed by atoms with van der Waals surface area (Å²) in [7, 11) is 0. The van der Waals surface area contributed by atoms with Crippen molar-refractivity contribution < 1.29 is 4.42 Å². The average Bonchev–Trinajstić information content (AvgIpc) is 3.79. The molecule has 12 rings (SSSR count). The van der Waals surface area contributed by atoms with Crippen LogP contribution in [0, 0.1) is 0 Å². The van der Waals surface area contributed by atoms with Crippen LogP contribution < -0.4 is 4.90 Å². The van der Waals surface area contributed by atoms with Gasteiger partial charge in [-0.25, -0.2) is 0 Å². The van der Waals surface area contributed by atoms with E-state index < -0.39 is 0 Å². The first kappa shape index (κ1) is 38.9. The van der Waals surface area contributed by atoms with Gasteiger partial charge < -0.3 is 9.32 Å². The first-order valence-corrected chi connectivity index (χ1v) is 22.6. The molecule has 11 aromatic carbocycles. The number of hydrogen-bond donors (Lipinski definition) is 0. The smallest absolute Gasteiger partial charge is 0.143 e. The van der Waals surface area contributed by atoms with Crippen molar-refractivity contribution >= 4 is 49.8 Å². The van der Waals surface area contributed by atoms with Crippen LogP contribution in [0.25, 0.3) is 99.5 Å². The standard InChI is InChI=1S/C64H43NO/c1-2-17-46(18-3-1)54-24-6-7-25-56(54)57-26-8-9-27-58(57)59-28-10-12-33-62(59)65(51-22-14-21-49(43-51)55-31-16-32-61-60-29-11-13-34-63(60)66-64(55)61)50-41-39-45(40-42-50)44-35-37-48(38-36-44)53-30-15-20-47-19-4-5-23-52(47)53/h1-43H. The molecule has 0 N–H and O–H groups in total. The van der Waals surface area contributed by atoms with E-state index in [0.717, 1.165) is 66.8 Å². The molecule has 0 saturated carbocycles. The van der Waals surface area contributed by atoms with Gasteiger partial charge in [0.05, 0.1) is 5.69 Å². The molecule has 0 unspecified atom stereocenters. The van der Waals surface area contributed by atoms with Crippen LogP contribution in [0.2, 0.25) is 0 Å². The van der Waals surface area contributed by atoms with Gasteiger partial charge in [-0.1, -0.05) is 224 Å². The normalized spacial score (nSPS) is 11.3. The first-order valence-electron chi connectivity index (χ1n) is 22.6. The van der Waals surface area contributed by atoms with E-state index in [4.69, 9.17) is 4.42 Å². The lowest BCUT2D eigenvalue weighted by atomic mass is 9.88. The Balaban J connectivity index is 0.993. The second-order valence-electron chi connectivity index (χ2n) is 16.8. The van der Waals surface area contributed by atoms with Crippen molar-refractivity contribution in [2.45, 2.75) is 0 Å². The molecule has 0 aliphatic carbocycles. The number of hydrogen-bond acceptors (Lipinski definition) is 2. The van der Waals surface area contributed by atoms with Crippen molar-refractivity contribution in [2.75, 3.05) is 4.90 Å². The maximum atomic E-state index is 6.57. The van der Waals surface area contributed by atoms with Crippen LogP contribution in [0.1, 0.15) is 0 Å². The van der Waals surface area contributed by atoms with Gasteiger partial charge in [-0.05, 0) is 103 Å². The fourth-order valence-electron chi connectivity index (χ4n) is 9.77. The van der Waals surface area contributed by atoms with Gasteiger partial charge in [-0.15, -0.1) is 0 Å². The van der Waals surface area contributed by atoms with E-state index in [0.29, 0.717) is 0 Å². The zero-order valence-corrected chi connectivity index (χ0v) is 36.2. The summed E-state index contributed by atoms with van der Waals surface area (Å²) in [6.07, 6.45) is 0. The summed E-state index contributed by atoms with van der Waals surface area (Å²) in [5.74, 6) is 0. The van der Waals surface area contributed by atoms with Gasteiger partial charge in [-0.2, -0.15) is 0 Å². The summed E-state index contributed by atoms with van der Waals surface area (Å²) in [6.45, 7) is 0. The molecule has 12 aromatic rings. The Morgan fingerprint density at radius 3 is 1.53 bits per heavy atom. The van der Waals surface area contributed by atoms with E-state index in [1.165, 1.54) is 49.7 Å². The summed E-state index contributed by atoms with van der Waals surface area (Å²) >= 11 is 0.